The fraction of sp³-hybridized carbons (Fsp3) is 0. The molecule has 21 heavy (non-hydrogen) atoms. The van der Waals surface area contributed by atoms with Crippen LogP contribution in [0.1, 0.15) is 10.5 Å². The monoisotopic (exact) mass is 300 g/mol. The molecule has 2 heterocycles. The summed E-state index contributed by atoms with van der Waals surface area (Å²) in [5.74, 6) is -0.00908. The maximum absolute atomic E-state index is 11.0. The molecule has 0 unspecified atom stereocenters. The lowest BCUT2D eigenvalue weighted by Crippen LogP contribution is -2.13. The van der Waals surface area contributed by atoms with Crippen LogP contribution in [0.15, 0.2) is 47.6 Å². The van der Waals surface area contributed by atoms with Crippen LogP contribution in [0.2, 0.25) is 5.02 Å². The molecule has 0 aliphatic heterocycles. The second kappa shape index (κ2) is 5.34. The minimum atomic E-state index is -0.629. The van der Waals surface area contributed by atoms with Gasteiger partial charge in [0.05, 0.1) is 29.3 Å². The number of carbonyl (C=O) groups is 1. The highest BCUT2D eigenvalue weighted by Crippen LogP contribution is 2.31. The Morgan fingerprint density at radius 3 is 2.67 bits per heavy atom. The Kier molecular flexibility index (Phi) is 3.37. The number of rotatable bonds is 3. The summed E-state index contributed by atoms with van der Waals surface area (Å²) in [4.78, 5) is 23.0. The van der Waals surface area contributed by atoms with Crippen LogP contribution in [0.4, 0.5) is 0 Å². The molecule has 6 nitrogen and oxygen atoms in total. The zero-order valence-electron chi connectivity index (χ0n) is 10.7. The highest BCUT2D eigenvalue weighted by Gasteiger charge is 2.11. The van der Waals surface area contributed by atoms with Crippen molar-refractivity contribution in [1.29, 1.82) is 0 Å². The first-order valence-electron chi connectivity index (χ1n) is 5.96. The first-order valence-corrected chi connectivity index (χ1v) is 6.33. The van der Waals surface area contributed by atoms with Crippen LogP contribution < -0.4 is 5.73 Å². The van der Waals surface area contributed by atoms with Gasteiger partial charge in [-0.25, -0.2) is 9.97 Å². The molecule has 2 aromatic heterocycles. The van der Waals surface area contributed by atoms with E-state index in [1.807, 2.05) is 12.1 Å². The predicted octanol–water partition coefficient (Wildman–Crippen LogP) is 2.55. The van der Waals surface area contributed by atoms with E-state index in [1.165, 1.54) is 18.8 Å². The second-order valence-electron chi connectivity index (χ2n) is 4.21. The number of amides is 1. The topological polar surface area (TPSA) is 94.9 Å². The van der Waals surface area contributed by atoms with Crippen LogP contribution in [0.25, 0.3) is 22.6 Å². The average Bonchev–Trinajstić information content (AvgIpc) is 3.02. The van der Waals surface area contributed by atoms with Gasteiger partial charge in [-0.3, -0.25) is 9.78 Å². The zero-order valence-corrected chi connectivity index (χ0v) is 11.4. The number of oxazole rings is 1. The van der Waals surface area contributed by atoms with Crippen molar-refractivity contribution in [3.8, 4) is 22.6 Å². The van der Waals surface area contributed by atoms with Gasteiger partial charge < -0.3 is 10.2 Å². The van der Waals surface area contributed by atoms with E-state index in [-0.39, 0.29) is 5.69 Å². The lowest BCUT2D eigenvalue weighted by molar-refractivity contribution is 0.0995. The summed E-state index contributed by atoms with van der Waals surface area (Å²) in [7, 11) is 0. The Hall–Kier alpha value is -2.73. The van der Waals surface area contributed by atoms with Crippen molar-refractivity contribution in [2.45, 2.75) is 0 Å². The lowest BCUT2D eigenvalue weighted by Gasteiger charge is -2.06. The van der Waals surface area contributed by atoms with Crippen molar-refractivity contribution in [2.75, 3.05) is 0 Å². The molecule has 0 aliphatic rings. The summed E-state index contributed by atoms with van der Waals surface area (Å²) < 4.78 is 5.25. The number of halogens is 1. The van der Waals surface area contributed by atoms with Gasteiger partial charge in [-0.1, -0.05) is 11.6 Å². The molecule has 104 valence electrons. The number of hydrogen-bond donors (Lipinski definition) is 1. The minimum Gasteiger partial charge on any atom is -0.444 e. The SMILES string of the molecule is NC(=O)c1cnc(-c2cc(-c3cnco3)ccc2Cl)cn1. The van der Waals surface area contributed by atoms with E-state index in [9.17, 15) is 4.79 Å². The minimum absolute atomic E-state index is 0.0984. The fourth-order valence-corrected chi connectivity index (χ4v) is 2.04. The molecule has 0 radical (unpaired) electrons. The average molecular weight is 301 g/mol. The molecule has 7 heteroatoms. The molecule has 0 saturated heterocycles. The number of primary amides is 1. The van der Waals surface area contributed by atoms with Gasteiger partial charge in [0.25, 0.3) is 5.91 Å². The van der Waals surface area contributed by atoms with Gasteiger partial charge in [0.1, 0.15) is 5.69 Å². The number of benzene rings is 1. The summed E-state index contributed by atoms with van der Waals surface area (Å²) in [6.45, 7) is 0. The van der Waals surface area contributed by atoms with Crippen molar-refractivity contribution >= 4 is 17.5 Å². The van der Waals surface area contributed by atoms with Gasteiger partial charge in [-0.2, -0.15) is 0 Å². The van der Waals surface area contributed by atoms with Gasteiger partial charge in [-0.05, 0) is 18.2 Å². The van der Waals surface area contributed by atoms with Gasteiger partial charge >= 0.3 is 0 Å². The number of nitrogens with zero attached hydrogens (tertiary/aromatic N) is 3. The highest BCUT2D eigenvalue weighted by atomic mass is 35.5. The molecule has 2 N–H and O–H groups in total. The Balaban J connectivity index is 2.05. The van der Waals surface area contributed by atoms with Crippen LogP contribution in [0, 0.1) is 0 Å². The van der Waals surface area contributed by atoms with Crippen molar-refractivity contribution in [1.82, 2.24) is 15.0 Å². The van der Waals surface area contributed by atoms with Crippen LogP contribution in [-0.2, 0) is 0 Å². The first kappa shape index (κ1) is 13.3. The van der Waals surface area contributed by atoms with Crippen molar-refractivity contribution in [3.63, 3.8) is 0 Å². The maximum atomic E-state index is 11.0. The molecule has 3 aromatic rings. The van der Waals surface area contributed by atoms with Gasteiger partial charge in [0.2, 0.25) is 0 Å². The van der Waals surface area contributed by atoms with Crippen LogP contribution in [0.5, 0.6) is 0 Å². The summed E-state index contributed by atoms with van der Waals surface area (Å²) >= 11 is 6.19. The summed E-state index contributed by atoms with van der Waals surface area (Å²) in [6.07, 6.45) is 5.72. The third kappa shape index (κ3) is 2.61. The highest BCUT2D eigenvalue weighted by molar-refractivity contribution is 6.33. The number of hydrogen-bond acceptors (Lipinski definition) is 5. The molecule has 0 spiro atoms. The molecule has 3 rings (SSSR count). The maximum Gasteiger partial charge on any atom is 0.268 e. The van der Waals surface area contributed by atoms with Gasteiger partial charge in [-0.15, -0.1) is 0 Å². The molecule has 0 atom stereocenters. The number of nitrogens with two attached hydrogens (primary N) is 1. The largest absolute Gasteiger partial charge is 0.444 e. The van der Waals surface area contributed by atoms with Crippen LogP contribution in [-0.4, -0.2) is 20.9 Å². The first-order chi connectivity index (χ1) is 10.1. The van der Waals surface area contributed by atoms with Crippen LogP contribution in [0.3, 0.4) is 0 Å². The van der Waals surface area contributed by atoms with Gasteiger partial charge in [0.15, 0.2) is 12.2 Å². The van der Waals surface area contributed by atoms with Crippen molar-refractivity contribution in [2.24, 2.45) is 5.73 Å². The predicted molar refractivity (Wildman–Crippen MR) is 76.5 cm³/mol. The lowest BCUT2D eigenvalue weighted by atomic mass is 10.1. The fourth-order valence-electron chi connectivity index (χ4n) is 1.83. The summed E-state index contributed by atoms with van der Waals surface area (Å²) in [5, 5.41) is 0.513. The van der Waals surface area contributed by atoms with Gasteiger partial charge in [0, 0.05) is 11.1 Å². The second-order valence-corrected chi connectivity index (χ2v) is 4.62. The number of carbonyl (C=O) groups excluding carboxylic acids is 1. The molecular weight excluding hydrogens is 292 g/mol. The summed E-state index contributed by atoms with van der Waals surface area (Å²) in [6, 6.07) is 5.37. The quantitative estimate of drug-likeness (QED) is 0.802. The van der Waals surface area contributed by atoms with E-state index in [1.54, 1.807) is 12.3 Å². The molecule has 0 bridgehead atoms. The van der Waals surface area contributed by atoms with E-state index in [0.717, 1.165) is 5.56 Å². The molecule has 0 saturated carbocycles. The van der Waals surface area contributed by atoms with E-state index < -0.39 is 5.91 Å². The molecular formula is C14H9ClN4O2. The van der Waals surface area contributed by atoms with E-state index >= 15 is 0 Å². The smallest absolute Gasteiger partial charge is 0.268 e. The standard InChI is InChI=1S/C14H9ClN4O2/c15-10-2-1-8(13-6-17-7-21-13)3-9(10)11-4-19-12(5-18-11)14(16)20/h1-7H,(H2,16,20). The zero-order chi connectivity index (χ0) is 14.8. The normalized spacial score (nSPS) is 10.5. The third-order valence-corrected chi connectivity index (χ3v) is 3.19. The Labute approximate surface area is 124 Å². The molecule has 0 fully saturated rings. The molecule has 1 amide bonds. The third-order valence-electron chi connectivity index (χ3n) is 2.86. The Bertz CT molecular complexity index is 785. The van der Waals surface area contributed by atoms with Crippen LogP contribution >= 0.6 is 11.6 Å². The molecule has 0 aliphatic carbocycles. The Morgan fingerprint density at radius 2 is 2.05 bits per heavy atom. The van der Waals surface area contributed by atoms with Crippen molar-refractivity contribution in [3.05, 3.63) is 53.9 Å². The van der Waals surface area contributed by atoms with E-state index in [4.69, 9.17) is 21.8 Å². The number of aromatic nitrogens is 3. The van der Waals surface area contributed by atoms with E-state index in [0.29, 0.717) is 22.0 Å². The molecule has 1 aromatic carbocycles. The van der Waals surface area contributed by atoms with E-state index in [2.05, 4.69) is 15.0 Å². The Morgan fingerprint density at radius 1 is 1.19 bits per heavy atom. The van der Waals surface area contributed by atoms with Crippen molar-refractivity contribution < 1.29 is 9.21 Å². The summed E-state index contributed by atoms with van der Waals surface area (Å²) in [5.41, 5.74) is 7.25.